The van der Waals surface area contributed by atoms with Crippen LogP contribution in [0.4, 0.5) is 0 Å². The van der Waals surface area contributed by atoms with E-state index in [0.717, 1.165) is 56.5 Å². The minimum Gasteiger partial charge on any atom is -0.395 e. The van der Waals surface area contributed by atoms with Gasteiger partial charge in [-0.05, 0) is 63.2 Å². The first-order valence-corrected chi connectivity index (χ1v) is 14.7. The van der Waals surface area contributed by atoms with Gasteiger partial charge in [-0.3, -0.25) is 13.9 Å². The first-order valence-electron chi connectivity index (χ1n) is 14.7. The van der Waals surface area contributed by atoms with Gasteiger partial charge in [-0.25, -0.2) is 4.79 Å². The van der Waals surface area contributed by atoms with E-state index in [9.17, 15) is 14.7 Å². The van der Waals surface area contributed by atoms with Crippen molar-refractivity contribution in [1.82, 2.24) is 24.7 Å². The lowest BCUT2D eigenvalue weighted by molar-refractivity contribution is -0.129. The van der Waals surface area contributed by atoms with Crippen molar-refractivity contribution in [2.75, 3.05) is 39.3 Å². The van der Waals surface area contributed by atoms with Gasteiger partial charge in [0.2, 0.25) is 5.91 Å². The van der Waals surface area contributed by atoms with Crippen LogP contribution in [0.2, 0.25) is 0 Å². The second-order valence-corrected chi connectivity index (χ2v) is 11.5. The Bertz CT molecular complexity index is 1080. The number of fused-ring (bicyclic) bond motifs is 1. The van der Waals surface area contributed by atoms with Gasteiger partial charge in [0.05, 0.1) is 36.1 Å². The Labute approximate surface area is 220 Å². The van der Waals surface area contributed by atoms with Gasteiger partial charge in [0.15, 0.2) is 0 Å². The van der Waals surface area contributed by atoms with Crippen molar-refractivity contribution < 1.29 is 9.90 Å². The number of carbonyl (C=O) groups is 1. The summed E-state index contributed by atoms with van der Waals surface area (Å²) in [4.78, 5) is 30.0. The van der Waals surface area contributed by atoms with E-state index in [1.807, 2.05) is 28.8 Å². The summed E-state index contributed by atoms with van der Waals surface area (Å²) in [6.45, 7) is 4.70. The van der Waals surface area contributed by atoms with Crippen LogP contribution in [0.3, 0.4) is 0 Å². The molecule has 2 saturated heterocycles. The molecule has 1 amide bonds. The number of aromatic nitrogens is 2. The van der Waals surface area contributed by atoms with Crippen LogP contribution in [0.5, 0.6) is 0 Å². The van der Waals surface area contributed by atoms with Crippen LogP contribution in [-0.4, -0.2) is 70.4 Å². The highest BCUT2D eigenvalue weighted by molar-refractivity contribution is 5.81. The van der Waals surface area contributed by atoms with Gasteiger partial charge in [-0.1, -0.05) is 44.2 Å². The number of benzene rings is 1. The largest absolute Gasteiger partial charge is 0.395 e. The second-order valence-electron chi connectivity index (χ2n) is 11.5. The molecule has 3 N–H and O–H groups in total. The summed E-state index contributed by atoms with van der Waals surface area (Å²) in [6, 6.07) is 7.81. The predicted octanol–water partition coefficient (Wildman–Crippen LogP) is 2.89. The minimum atomic E-state index is -0.275. The van der Waals surface area contributed by atoms with Crippen LogP contribution in [0.25, 0.3) is 11.0 Å². The third kappa shape index (κ3) is 6.13. The van der Waals surface area contributed by atoms with E-state index in [2.05, 4.69) is 15.5 Å². The van der Waals surface area contributed by atoms with E-state index in [0.29, 0.717) is 12.5 Å². The van der Waals surface area contributed by atoms with Gasteiger partial charge >= 0.3 is 5.69 Å². The highest BCUT2D eigenvalue weighted by Gasteiger charge is 2.38. The predicted molar refractivity (Wildman–Crippen MR) is 147 cm³/mol. The van der Waals surface area contributed by atoms with Gasteiger partial charge < -0.3 is 20.6 Å². The maximum atomic E-state index is 13.8. The molecule has 0 radical (unpaired) electrons. The Hall–Kier alpha value is -2.16. The van der Waals surface area contributed by atoms with Crippen LogP contribution < -0.4 is 16.3 Å². The highest BCUT2D eigenvalue weighted by atomic mass is 16.3. The second kappa shape index (κ2) is 12.6. The molecule has 0 bridgehead atoms. The number of aliphatic hydroxyl groups is 1. The quantitative estimate of drug-likeness (QED) is 0.532. The average Bonchev–Trinajstić information content (AvgIpc) is 3.17. The average molecular weight is 512 g/mol. The lowest BCUT2D eigenvalue weighted by Gasteiger charge is -2.40. The van der Waals surface area contributed by atoms with Crippen molar-refractivity contribution >= 4 is 16.9 Å². The molecule has 8 heteroatoms. The summed E-state index contributed by atoms with van der Waals surface area (Å²) in [5.74, 6) is 0.521. The fraction of sp³-hybridized carbons (Fsp3) is 0.724. The summed E-state index contributed by atoms with van der Waals surface area (Å²) in [5.41, 5.74) is 1.57. The molecule has 3 fully saturated rings. The Morgan fingerprint density at radius 2 is 1.68 bits per heavy atom. The van der Waals surface area contributed by atoms with Crippen LogP contribution in [0.15, 0.2) is 29.1 Å². The van der Waals surface area contributed by atoms with E-state index in [1.165, 1.54) is 44.9 Å². The van der Waals surface area contributed by atoms with E-state index >= 15 is 0 Å². The zero-order valence-electron chi connectivity index (χ0n) is 22.2. The molecule has 37 heavy (non-hydrogen) atoms. The SMILES string of the molecule is O=C(NC1CCNCC1)C1CN(CC2CCCCCCC2)CCC1n1c(=O)n(CCO)c2ccccc21. The Morgan fingerprint density at radius 1 is 0.973 bits per heavy atom. The van der Waals surface area contributed by atoms with E-state index in [-0.39, 0.29) is 42.8 Å². The van der Waals surface area contributed by atoms with Crippen LogP contribution in [0.1, 0.15) is 70.3 Å². The molecule has 3 aliphatic rings. The maximum Gasteiger partial charge on any atom is 0.329 e. The van der Waals surface area contributed by atoms with Crippen molar-refractivity contribution in [1.29, 1.82) is 0 Å². The molecule has 204 valence electrons. The number of carbonyl (C=O) groups excluding carboxylic acids is 1. The summed E-state index contributed by atoms with van der Waals surface area (Å²) < 4.78 is 3.53. The molecule has 5 rings (SSSR count). The fourth-order valence-corrected chi connectivity index (χ4v) is 6.97. The summed E-state index contributed by atoms with van der Waals surface area (Å²) in [5, 5.41) is 16.4. The van der Waals surface area contributed by atoms with E-state index in [4.69, 9.17) is 0 Å². The zero-order chi connectivity index (χ0) is 25.6. The summed E-state index contributed by atoms with van der Waals surface area (Å²) >= 11 is 0. The number of aliphatic hydroxyl groups excluding tert-OH is 1. The van der Waals surface area contributed by atoms with Gasteiger partial charge in [0.25, 0.3) is 0 Å². The number of likely N-dealkylation sites (tertiary alicyclic amines) is 1. The van der Waals surface area contributed by atoms with E-state index < -0.39 is 0 Å². The lowest BCUT2D eigenvalue weighted by atomic mass is 9.87. The van der Waals surface area contributed by atoms with Crippen LogP contribution in [0, 0.1) is 11.8 Å². The third-order valence-corrected chi connectivity index (χ3v) is 8.95. The molecule has 3 heterocycles. The Kier molecular flexibility index (Phi) is 9.00. The molecule has 2 aliphatic heterocycles. The van der Waals surface area contributed by atoms with Gasteiger partial charge in [-0.2, -0.15) is 0 Å². The first kappa shape index (κ1) is 26.4. The van der Waals surface area contributed by atoms with E-state index in [1.54, 1.807) is 4.57 Å². The van der Waals surface area contributed by atoms with Crippen molar-refractivity contribution in [2.45, 2.75) is 82.8 Å². The monoisotopic (exact) mass is 511 g/mol. The molecule has 1 aliphatic carbocycles. The van der Waals surface area contributed by atoms with Gasteiger partial charge in [0, 0.05) is 25.7 Å². The zero-order valence-corrected chi connectivity index (χ0v) is 22.2. The molecule has 1 aromatic carbocycles. The molecular formula is C29H45N5O3. The van der Waals surface area contributed by atoms with Gasteiger partial charge in [0.1, 0.15) is 0 Å². The number of nitrogens with one attached hydrogen (secondary N) is 2. The molecule has 1 aromatic heterocycles. The van der Waals surface area contributed by atoms with Crippen LogP contribution >= 0.6 is 0 Å². The third-order valence-electron chi connectivity index (χ3n) is 8.95. The number of nitrogens with zero attached hydrogens (tertiary/aromatic N) is 3. The number of hydrogen-bond donors (Lipinski definition) is 3. The number of hydrogen-bond acceptors (Lipinski definition) is 5. The normalized spacial score (nSPS) is 25.1. The number of para-hydroxylation sites is 2. The first-order chi connectivity index (χ1) is 18.2. The molecule has 2 unspecified atom stereocenters. The molecule has 2 atom stereocenters. The van der Waals surface area contributed by atoms with Gasteiger partial charge in [-0.15, -0.1) is 0 Å². The number of rotatable bonds is 7. The minimum absolute atomic E-state index is 0.0881. The molecule has 0 spiro atoms. The standard InChI is InChI=1S/C29H45N5O3/c35-19-18-33-26-10-6-7-11-27(26)34(29(33)37)25-14-17-32(20-22-8-4-2-1-3-5-9-22)21-24(25)28(36)31-23-12-15-30-16-13-23/h6-7,10-11,22-25,30,35H,1-5,8-9,12-21H2,(H,31,36). The van der Waals surface area contributed by atoms with Crippen LogP contribution in [-0.2, 0) is 11.3 Å². The lowest BCUT2D eigenvalue weighted by Crippen LogP contribution is -2.53. The van der Waals surface area contributed by atoms with Crippen molar-refractivity contribution in [2.24, 2.45) is 11.8 Å². The Balaban J connectivity index is 1.41. The number of imidazole rings is 1. The Morgan fingerprint density at radius 3 is 2.41 bits per heavy atom. The summed E-state index contributed by atoms with van der Waals surface area (Å²) in [7, 11) is 0. The molecule has 8 nitrogen and oxygen atoms in total. The van der Waals surface area contributed by atoms with Crippen molar-refractivity contribution in [3.05, 3.63) is 34.7 Å². The molecule has 1 saturated carbocycles. The number of amides is 1. The summed E-state index contributed by atoms with van der Waals surface area (Å²) in [6.07, 6.45) is 12.0. The molecule has 2 aromatic rings. The number of piperidine rings is 2. The fourth-order valence-electron chi connectivity index (χ4n) is 6.97. The topological polar surface area (TPSA) is 91.5 Å². The maximum absolute atomic E-state index is 13.8. The van der Waals surface area contributed by atoms with Crippen molar-refractivity contribution in [3.8, 4) is 0 Å². The smallest absolute Gasteiger partial charge is 0.329 e. The highest BCUT2D eigenvalue weighted by Crippen LogP contribution is 2.33. The van der Waals surface area contributed by atoms with Crippen molar-refractivity contribution in [3.63, 3.8) is 0 Å². The molecular weight excluding hydrogens is 466 g/mol.